The van der Waals surface area contributed by atoms with Gasteiger partial charge in [0.2, 0.25) is 11.8 Å². The standard InChI is InChI=1S/C35H26Cl3F3N4O8/c1-52-24-10-14(9-22(37)27(24)46)26-18-7-8-19-25(31(49)44(29(19)47)33(51)53-2)20(18)12-21-30(48)45(32(50)34(21,26)15-3-5-17(36)6-4-15)43-28-23(38)11-16(13-42-28)35(39,40)41/h3-7,9-11,13,19-21,25-26,46H,8,12H2,1-2H3,(H,42,43). The van der Waals surface area contributed by atoms with Crippen molar-refractivity contribution >= 4 is 70.3 Å². The Morgan fingerprint density at radius 2 is 1.68 bits per heavy atom. The van der Waals surface area contributed by atoms with Crippen LogP contribution in [0.15, 0.2) is 60.3 Å². The van der Waals surface area contributed by atoms with Crippen LogP contribution in [0.25, 0.3) is 0 Å². The van der Waals surface area contributed by atoms with E-state index in [4.69, 9.17) is 44.3 Å². The first-order chi connectivity index (χ1) is 25.1. The Morgan fingerprint density at radius 1 is 0.981 bits per heavy atom. The minimum absolute atomic E-state index is 0.0232. The second-order valence-electron chi connectivity index (χ2n) is 13.0. The van der Waals surface area contributed by atoms with Gasteiger partial charge in [-0.05, 0) is 60.2 Å². The van der Waals surface area contributed by atoms with Gasteiger partial charge in [-0.1, -0.05) is 58.6 Å². The molecular formula is C35H26Cl3F3N4O8. The first-order valence-electron chi connectivity index (χ1n) is 15.9. The lowest BCUT2D eigenvalue weighted by molar-refractivity contribution is -0.140. The highest BCUT2D eigenvalue weighted by Gasteiger charge is 2.70. The number of allylic oxidation sites excluding steroid dienone is 2. The van der Waals surface area contributed by atoms with Crippen LogP contribution in [-0.4, -0.2) is 63.9 Å². The number of hydrogen-bond acceptors (Lipinski definition) is 10. The zero-order chi connectivity index (χ0) is 38.3. The number of aromatic nitrogens is 1. The third kappa shape index (κ3) is 5.42. The van der Waals surface area contributed by atoms with E-state index in [9.17, 15) is 37.5 Å². The van der Waals surface area contributed by atoms with Crippen LogP contribution >= 0.6 is 34.8 Å². The predicted molar refractivity (Wildman–Crippen MR) is 181 cm³/mol. The topological polar surface area (TPSA) is 155 Å². The van der Waals surface area contributed by atoms with Gasteiger partial charge >= 0.3 is 12.3 Å². The van der Waals surface area contributed by atoms with Crippen molar-refractivity contribution in [3.63, 3.8) is 0 Å². The molecule has 1 aromatic heterocycles. The average Bonchev–Trinajstić information content (AvgIpc) is 3.50. The number of rotatable bonds is 5. The molecule has 6 unspecified atom stereocenters. The molecule has 3 aromatic rings. The Hall–Kier alpha value is -4.86. The molecule has 2 saturated heterocycles. The molecule has 0 radical (unpaired) electrons. The van der Waals surface area contributed by atoms with Crippen molar-refractivity contribution in [2.24, 2.45) is 23.7 Å². The van der Waals surface area contributed by atoms with Crippen LogP contribution in [0.2, 0.25) is 15.1 Å². The fourth-order valence-corrected chi connectivity index (χ4v) is 8.90. The van der Waals surface area contributed by atoms with E-state index in [-0.39, 0.29) is 29.2 Å². The fourth-order valence-electron chi connectivity index (χ4n) is 8.35. The number of ether oxygens (including phenoxy) is 2. The summed E-state index contributed by atoms with van der Waals surface area (Å²) in [5, 5.41) is 10.9. The molecule has 0 bridgehead atoms. The summed E-state index contributed by atoms with van der Waals surface area (Å²) in [6.07, 6.45) is -3.98. The summed E-state index contributed by atoms with van der Waals surface area (Å²) < 4.78 is 50.4. The summed E-state index contributed by atoms with van der Waals surface area (Å²) in [6.45, 7) is 0. The number of nitrogens with one attached hydrogen (secondary N) is 1. The van der Waals surface area contributed by atoms with Crippen LogP contribution in [0.5, 0.6) is 11.5 Å². The highest BCUT2D eigenvalue weighted by Crippen LogP contribution is 2.64. The summed E-state index contributed by atoms with van der Waals surface area (Å²) in [7, 11) is 2.30. The van der Waals surface area contributed by atoms with Gasteiger partial charge in [-0.2, -0.15) is 23.1 Å². The molecule has 2 aliphatic heterocycles. The number of benzene rings is 2. The zero-order valence-corrected chi connectivity index (χ0v) is 29.7. The fraction of sp³-hybridized carbons (Fsp3) is 0.314. The molecule has 0 spiro atoms. The number of amides is 5. The number of anilines is 1. The number of carbonyl (C=O) groups excluding carboxylic acids is 5. The lowest BCUT2D eigenvalue weighted by atomic mass is 9.49. The molecule has 2 aromatic carbocycles. The Kier molecular flexibility index (Phi) is 8.90. The second kappa shape index (κ2) is 12.9. The summed E-state index contributed by atoms with van der Waals surface area (Å²) in [5.41, 5.74) is 0.519. The molecule has 276 valence electrons. The van der Waals surface area contributed by atoms with Crippen molar-refractivity contribution in [2.75, 3.05) is 19.6 Å². The average molecular weight is 794 g/mol. The summed E-state index contributed by atoms with van der Waals surface area (Å²) in [4.78, 5) is 74.1. The van der Waals surface area contributed by atoms with Crippen molar-refractivity contribution in [1.82, 2.24) is 14.9 Å². The number of methoxy groups -OCH3 is 2. The van der Waals surface area contributed by atoms with Crippen LogP contribution < -0.4 is 10.2 Å². The predicted octanol–water partition coefficient (Wildman–Crippen LogP) is 6.53. The van der Waals surface area contributed by atoms with Crippen molar-refractivity contribution < 1.29 is 51.7 Å². The van der Waals surface area contributed by atoms with Gasteiger partial charge in [0.05, 0.1) is 53.0 Å². The Morgan fingerprint density at radius 3 is 2.30 bits per heavy atom. The number of phenolic OH excluding ortho intramolecular Hbond substituents is 1. The number of halogens is 6. The number of imide groups is 4. The number of hydrogen-bond donors (Lipinski definition) is 2. The zero-order valence-electron chi connectivity index (χ0n) is 27.4. The smallest absolute Gasteiger partial charge is 0.423 e. The molecule has 12 nitrogen and oxygen atoms in total. The molecule has 6 atom stereocenters. The first-order valence-corrected chi connectivity index (χ1v) is 17.1. The Bertz CT molecular complexity index is 2150. The number of nitrogens with zero attached hydrogens (tertiary/aromatic N) is 3. The molecular weight excluding hydrogens is 768 g/mol. The van der Waals surface area contributed by atoms with Gasteiger partial charge in [0.15, 0.2) is 17.3 Å². The van der Waals surface area contributed by atoms with Crippen molar-refractivity contribution in [3.05, 3.63) is 92.1 Å². The van der Waals surface area contributed by atoms with Crippen LogP contribution in [0.3, 0.4) is 0 Å². The number of hydrazine groups is 1. The normalized spacial score (nSPS) is 26.6. The van der Waals surface area contributed by atoms with E-state index < -0.39 is 93.1 Å². The largest absolute Gasteiger partial charge is 0.503 e. The van der Waals surface area contributed by atoms with Gasteiger partial charge in [0.1, 0.15) is 0 Å². The van der Waals surface area contributed by atoms with Crippen molar-refractivity contribution in [1.29, 1.82) is 0 Å². The van der Waals surface area contributed by atoms with Crippen molar-refractivity contribution in [2.45, 2.75) is 30.4 Å². The van der Waals surface area contributed by atoms with Crippen LogP contribution in [0, 0.1) is 23.7 Å². The number of pyridine rings is 1. The van der Waals surface area contributed by atoms with Gasteiger partial charge in [-0.25, -0.2) is 9.78 Å². The highest BCUT2D eigenvalue weighted by atomic mass is 35.5. The minimum Gasteiger partial charge on any atom is -0.503 e. The monoisotopic (exact) mass is 792 g/mol. The molecule has 7 rings (SSSR count). The SMILES string of the molecule is COC(=O)N1C(=O)C2CC=C3C(CC4C(=O)N(Nc5ncc(C(F)(F)F)cc5Cl)C(=O)C4(c4ccc(Cl)cc4)C3c3cc(Cl)c(O)c(OC)c3)C2C1=O. The van der Waals surface area contributed by atoms with Gasteiger partial charge < -0.3 is 14.6 Å². The maximum absolute atomic E-state index is 15.2. The lowest BCUT2D eigenvalue weighted by Gasteiger charge is -2.50. The number of phenols is 1. The van der Waals surface area contributed by atoms with E-state index in [0.717, 1.165) is 7.11 Å². The number of alkyl halides is 3. The van der Waals surface area contributed by atoms with Gasteiger partial charge in [0, 0.05) is 17.1 Å². The summed E-state index contributed by atoms with van der Waals surface area (Å²) in [6, 6.07) is 9.53. The minimum atomic E-state index is -4.79. The van der Waals surface area contributed by atoms with Crippen LogP contribution in [0.1, 0.15) is 35.4 Å². The first kappa shape index (κ1) is 36.5. The number of fused-ring (bicyclic) bond motifs is 4. The maximum Gasteiger partial charge on any atom is 0.423 e. The van der Waals surface area contributed by atoms with E-state index >= 15 is 4.79 Å². The maximum atomic E-state index is 15.2. The molecule has 53 heavy (non-hydrogen) atoms. The number of carbonyl (C=O) groups is 5. The molecule has 1 saturated carbocycles. The van der Waals surface area contributed by atoms with Crippen LogP contribution in [0.4, 0.5) is 23.8 Å². The lowest BCUT2D eigenvalue weighted by Crippen LogP contribution is -2.53. The molecule has 3 fully saturated rings. The molecule has 18 heteroatoms. The molecule has 2 aliphatic carbocycles. The van der Waals surface area contributed by atoms with Gasteiger partial charge in [-0.15, -0.1) is 0 Å². The van der Waals surface area contributed by atoms with E-state index in [1.165, 1.54) is 31.4 Å². The quantitative estimate of drug-likeness (QED) is 0.215. The highest BCUT2D eigenvalue weighted by molar-refractivity contribution is 6.33. The Labute approximate surface area is 313 Å². The van der Waals surface area contributed by atoms with Gasteiger partial charge in [0.25, 0.3) is 11.8 Å². The van der Waals surface area contributed by atoms with E-state index in [1.54, 1.807) is 18.2 Å². The summed E-state index contributed by atoms with van der Waals surface area (Å²) in [5.74, 6) is -9.78. The third-order valence-corrected chi connectivity index (χ3v) is 11.3. The Balaban J connectivity index is 1.46. The van der Waals surface area contributed by atoms with Crippen LogP contribution in [-0.2, 0) is 35.5 Å². The van der Waals surface area contributed by atoms with E-state index in [2.05, 4.69) is 10.4 Å². The second-order valence-corrected chi connectivity index (χ2v) is 14.2. The third-order valence-electron chi connectivity index (χ3n) is 10.5. The number of aromatic hydroxyl groups is 1. The number of likely N-dealkylation sites (tertiary alicyclic amines) is 1. The van der Waals surface area contributed by atoms with Crippen molar-refractivity contribution in [3.8, 4) is 11.5 Å². The summed E-state index contributed by atoms with van der Waals surface area (Å²) >= 11 is 19.0. The van der Waals surface area contributed by atoms with E-state index in [0.29, 0.717) is 38.3 Å². The molecule has 2 N–H and O–H groups in total. The molecule has 3 heterocycles. The molecule has 5 amide bonds. The molecule has 4 aliphatic rings. The van der Waals surface area contributed by atoms with E-state index in [1.807, 2.05) is 0 Å². The van der Waals surface area contributed by atoms with Gasteiger partial charge in [-0.3, -0.25) is 24.6 Å².